The van der Waals surface area contributed by atoms with E-state index in [0.717, 1.165) is 25.7 Å². The van der Waals surface area contributed by atoms with E-state index in [2.05, 4.69) is 13.8 Å². The van der Waals surface area contributed by atoms with E-state index in [1.807, 2.05) is 6.08 Å². The Kier molecular flexibility index (Phi) is 4.92. The van der Waals surface area contributed by atoms with Gasteiger partial charge in [-0.2, -0.15) is 0 Å². The molecule has 0 amide bonds. The monoisotopic (exact) mass is 194 g/mol. The maximum Gasteiger partial charge on any atom is 0.155 e. The molecular formula is C13H22O. The third-order valence-corrected chi connectivity index (χ3v) is 2.83. The number of allylic oxidation sites excluding steroid dienone is 2. The minimum Gasteiger partial charge on any atom is -0.295 e. The van der Waals surface area contributed by atoms with Gasteiger partial charge in [0.15, 0.2) is 5.78 Å². The van der Waals surface area contributed by atoms with Crippen LogP contribution >= 0.6 is 0 Å². The maximum absolute atomic E-state index is 11.5. The van der Waals surface area contributed by atoms with Crippen LogP contribution in [0.5, 0.6) is 0 Å². The van der Waals surface area contributed by atoms with Crippen molar-refractivity contribution in [1.82, 2.24) is 0 Å². The fourth-order valence-electron chi connectivity index (χ4n) is 1.88. The molecule has 1 rings (SSSR count). The van der Waals surface area contributed by atoms with Crippen molar-refractivity contribution < 1.29 is 4.79 Å². The first-order valence-corrected chi connectivity index (χ1v) is 5.91. The number of hydrogen-bond donors (Lipinski definition) is 0. The predicted molar refractivity (Wildman–Crippen MR) is 60.2 cm³/mol. The van der Waals surface area contributed by atoms with E-state index in [1.54, 1.807) is 0 Å². The van der Waals surface area contributed by atoms with Crippen molar-refractivity contribution in [1.29, 1.82) is 0 Å². The Balaban J connectivity index is 2.30. The van der Waals surface area contributed by atoms with Crippen molar-refractivity contribution in [2.75, 3.05) is 0 Å². The molecule has 1 heteroatoms. The molecule has 0 aromatic carbocycles. The van der Waals surface area contributed by atoms with Crippen LogP contribution in [0.2, 0.25) is 0 Å². The molecule has 0 aromatic heterocycles. The lowest BCUT2D eigenvalue weighted by molar-refractivity contribution is -0.114. The zero-order valence-electron chi connectivity index (χ0n) is 9.51. The molecule has 1 saturated carbocycles. The van der Waals surface area contributed by atoms with E-state index in [-0.39, 0.29) is 0 Å². The standard InChI is InChI=1S/C13H22O/c1-11(2)8-9-13(14)10-12-6-4-3-5-7-12/h10-11H,3-9H2,1-2H3. The van der Waals surface area contributed by atoms with Gasteiger partial charge in [0.25, 0.3) is 0 Å². The second kappa shape index (κ2) is 6.00. The average Bonchev–Trinajstić information content (AvgIpc) is 2.16. The minimum atomic E-state index is 0.343. The molecule has 80 valence electrons. The highest BCUT2D eigenvalue weighted by Crippen LogP contribution is 2.22. The first-order valence-electron chi connectivity index (χ1n) is 5.91. The Labute approximate surface area is 87.6 Å². The number of hydrogen-bond acceptors (Lipinski definition) is 1. The lowest BCUT2D eigenvalue weighted by Gasteiger charge is -2.12. The van der Waals surface area contributed by atoms with Crippen LogP contribution in [0.4, 0.5) is 0 Å². The van der Waals surface area contributed by atoms with Crippen molar-refractivity contribution >= 4 is 5.78 Å². The molecule has 14 heavy (non-hydrogen) atoms. The van der Waals surface area contributed by atoms with Gasteiger partial charge in [-0.15, -0.1) is 0 Å². The van der Waals surface area contributed by atoms with Gasteiger partial charge in [-0.25, -0.2) is 0 Å². The predicted octanol–water partition coefficient (Wildman–Crippen LogP) is 3.88. The number of rotatable bonds is 4. The van der Waals surface area contributed by atoms with E-state index < -0.39 is 0 Å². The largest absolute Gasteiger partial charge is 0.295 e. The minimum absolute atomic E-state index is 0.343. The smallest absolute Gasteiger partial charge is 0.155 e. The van der Waals surface area contributed by atoms with Crippen LogP contribution in [0, 0.1) is 5.92 Å². The second-order valence-corrected chi connectivity index (χ2v) is 4.76. The van der Waals surface area contributed by atoms with E-state index in [9.17, 15) is 4.79 Å². The summed E-state index contributed by atoms with van der Waals surface area (Å²) in [5.41, 5.74) is 1.39. The fraction of sp³-hybridized carbons (Fsp3) is 0.769. The molecule has 1 nitrogen and oxygen atoms in total. The van der Waals surface area contributed by atoms with Gasteiger partial charge in [0.2, 0.25) is 0 Å². The van der Waals surface area contributed by atoms with Gasteiger partial charge in [-0.3, -0.25) is 4.79 Å². The summed E-state index contributed by atoms with van der Waals surface area (Å²) in [6.07, 6.45) is 9.91. The van der Waals surface area contributed by atoms with Gasteiger partial charge in [0.05, 0.1) is 0 Å². The number of carbonyl (C=O) groups is 1. The van der Waals surface area contributed by atoms with Crippen LogP contribution in [0.1, 0.15) is 58.8 Å². The van der Waals surface area contributed by atoms with Gasteiger partial charge in [0, 0.05) is 6.42 Å². The van der Waals surface area contributed by atoms with E-state index in [4.69, 9.17) is 0 Å². The summed E-state index contributed by atoms with van der Waals surface area (Å²) in [4.78, 5) is 11.5. The zero-order valence-corrected chi connectivity index (χ0v) is 9.51. The van der Waals surface area contributed by atoms with E-state index in [0.29, 0.717) is 11.7 Å². The zero-order chi connectivity index (χ0) is 10.4. The van der Waals surface area contributed by atoms with Crippen LogP contribution in [0.15, 0.2) is 11.6 Å². The Morgan fingerprint density at radius 1 is 1.29 bits per heavy atom. The topological polar surface area (TPSA) is 17.1 Å². The highest BCUT2D eigenvalue weighted by atomic mass is 16.1. The van der Waals surface area contributed by atoms with Gasteiger partial charge in [0.1, 0.15) is 0 Å². The van der Waals surface area contributed by atoms with Crippen molar-refractivity contribution in [3.05, 3.63) is 11.6 Å². The average molecular weight is 194 g/mol. The highest BCUT2D eigenvalue weighted by molar-refractivity contribution is 5.90. The molecule has 1 aliphatic rings. The van der Waals surface area contributed by atoms with Gasteiger partial charge in [-0.05, 0) is 44.1 Å². The lowest BCUT2D eigenvalue weighted by atomic mass is 9.93. The van der Waals surface area contributed by atoms with Crippen LogP contribution in [-0.2, 0) is 4.79 Å². The molecule has 0 bridgehead atoms. The Morgan fingerprint density at radius 3 is 2.50 bits per heavy atom. The molecule has 0 heterocycles. The maximum atomic E-state index is 11.5. The molecule has 1 aliphatic carbocycles. The third kappa shape index (κ3) is 4.59. The summed E-state index contributed by atoms with van der Waals surface area (Å²) >= 11 is 0. The van der Waals surface area contributed by atoms with Crippen molar-refractivity contribution in [2.24, 2.45) is 5.92 Å². The van der Waals surface area contributed by atoms with Gasteiger partial charge in [-0.1, -0.05) is 25.8 Å². The summed E-state index contributed by atoms with van der Waals surface area (Å²) in [6.45, 7) is 4.34. The van der Waals surface area contributed by atoms with E-state index in [1.165, 1.54) is 24.8 Å². The summed E-state index contributed by atoms with van der Waals surface area (Å²) < 4.78 is 0. The van der Waals surface area contributed by atoms with Crippen molar-refractivity contribution in [3.8, 4) is 0 Å². The van der Waals surface area contributed by atoms with E-state index >= 15 is 0 Å². The molecule has 0 spiro atoms. The lowest BCUT2D eigenvalue weighted by Crippen LogP contribution is -2.01. The molecule has 0 N–H and O–H groups in total. The van der Waals surface area contributed by atoms with Crippen LogP contribution in [0.3, 0.4) is 0 Å². The van der Waals surface area contributed by atoms with Crippen LogP contribution in [-0.4, -0.2) is 5.78 Å². The fourth-order valence-corrected chi connectivity index (χ4v) is 1.88. The molecule has 0 aromatic rings. The normalized spacial score (nSPS) is 17.2. The summed E-state index contributed by atoms with van der Waals surface area (Å²) in [7, 11) is 0. The molecule has 0 aliphatic heterocycles. The molecule has 0 atom stereocenters. The molecule has 0 radical (unpaired) electrons. The SMILES string of the molecule is CC(C)CCC(=O)C=C1CCCCC1. The Hall–Kier alpha value is -0.590. The number of ketones is 1. The van der Waals surface area contributed by atoms with Crippen molar-refractivity contribution in [2.45, 2.75) is 58.8 Å². The first-order chi connectivity index (χ1) is 6.68. The first kappa shape index (κ1) is 11.5. The second-order valence-electron chi connectivity index (χ2n) is 4.76. The summed E-state index contributed by atoms with van der Waals surface area (Å²) in [5.74, 6) is 0.985. The Morgan fingerprint density at radius 2 is 1.93 bits per heavy atom. The number of carbonyl (C=O) groups excluding carboxylic acids is 1. The van der Waals surface area contributed by atoms with Crippen molar-refractivity contribution in [3.63, 3.8) is 0 Å². The summed E-state index contributed by atoms with van der Waals surface area (Å²) in [6, 6.07) is 0. The third-order valence-electron chi connectivity index (χ3n) is 2.83. The van der Waals surface area contributed by atoms with Crippen LogP contribution in [0.25, 0.3) is 0 Å². The van der Waals surface area contributed by atoms with Gasteiger partial charge >= 0.3 is 0 Å². The summed E-state index contributed by atoms with van der Waals surface area (Å²) in [5, 5.41) is 0. The van der Waals surface area contributed by atoms with Crippen LogP contribution < -0.4 is 0 Å². The van der Waals surface area contributed by atoms with Gasteiger partial charge < -0.3 is 0 Å². The highest BCUT2D eigenvalue weighted by Gasteiger charge is 2.07. The quantitative estimate of drug-likeness (QED) is 0.621. The molecule has 0 saturated heterocycles. The molecule has 1 fully saturated rings. The molecule has 0 unspecified atom stereocenters. The Bertz CT molecular complexity index is 205. The molecular weight excluding hydrogens is 172 g/mol.